The van der Waals surface area contributed by atoms with Gasteiger partial charge in [0.25, 0.3) is 11.8 Å². The van der Waals surface area contributed by atoms with Gasteiger partial charge in [-0.25, -0.2) is 0 Å². The van der Waals surface area contributed by atoms with Crippen LogP contribution in [-0.2, 0) is 4.79 Å². The molecule has 0 aliphatic heterocycles. The van der Waals surface area contributed by atoms with Crippen molar-refractivity contribution in [1.29, 1.82) is 0 Å². The lowest BCUT2D eigenvalue weighted by molar-refractivity contribution is -0.118. The van der Waals surface area contributed by atoms with Crippen LogP contribution in [0.1, 0.15) is 10.4 Å². The highest BCUT2D eigenvalue weighted by atomic mass is 35.5. The molecule has 3 aromatic carbocycles. The van der Waals surface area contributed by atoms with Gasteiger partial charge in [-0.05, 0) is 66.7 Å². The lowest BCUT2D eigenvalue weighted by Gasteiger charge is -2.09. The molecule has 30 heavy (non-hydrogen) atoms. The van der Waals surface area contributed by atoms with Gasteiger partial charge in [-0.1, -0.05) is 23.2 Å². The lowest BCUT2D eigenvalue weighted by atomic mass is 10.2. The van der Waals surface area contributed by atoms with Gasteiger partial charge in [0.1, 0.15) is 11.5 Å². The SMILES string of the molecule is COc1ccc(NC(=O)c2ccc(OCC(=O)Nc3ccc(Cl)c(Cl)c3)cc2)cc1. The van der Waals surface area contributed by atoms with Gasteiger partial charge in [0.2, 0.25) is 0 Å². The number of anilines is 2. The van der Waals surface area contributed by atoms with Crippen LogP contribution in [0.5, 0.6) is 11.5 Å². The largest absolute Gasteiger partial charge is 0.497 e. The van der Waals surface area contributed by atoms with Crippen LogP contribution in [0.4, 0.5) is 11.4 Å². The van der Waals surface area contributed by atoms with Gasteiger partial charge in [-0.3, -0.25) is 9.59 Å². The Morgan fingerprint density at radius 1 is 0.800 bits per heavy atom. The third-order valence-electron chi connectivity index (χ3n) is 4.04. The molecule has 6 nitrogen and oxygen atoms in total. The monoisotopic (exact) mass is 444 g/mol. The molecule has 0 heterocycles. The molecular weight excluding hydrogens is 427 g/mol. The van der Waals surface area contributed by atoms with Crippen LogP contribution in [0.15, 0.2) is 66.7 Å². The summed E-state index contributed by atoms with van der Waals surface area (Å²) in [6, 6.07) is 18.3. The molecule has 0 aliphatic carbocycles. The lowest BCUT2D eigenvalue weighted by Crippen LogP contribution is -2.20. The molecule has 0 bridgehead atoms. The van der Waals surface area contributed by atoms with E-state index in [4.69, 9.17) is 32.7 Å². The summed E-state index contributed by atoms with van der Waals surface area (Å²) in [5, 5.41) is 6.21. The molecule has 0 saturated carbocycles. The van der Waals surface area contributed by atoms with E-state index in [1.807, 2.05) is 0 Å². The fraction of sp³-hybridized carbons (Fsp3) is 0.0909. The zero-order valence-corrected chi connectivity index (χ0v) is 17.5. The first-order valence-corrected chi connectivity index (χ1v) is 9.63. The highest BCUT2D eigenvalue weighted by Crippen LogP contribution is 2.25. The minimum atomic E-state index is -0.352. The van der Waals surface area contributed by atoms with Crippen molar-refractivity contribution < 1.29 is 19.1 Å². The first-order valence-electron chi connectivity index (χ1n) is 8.88. The zero-order valence-electron chi connectivity index (χ0n) is 15.9. The van der Waals surface area contributed by atoms with Gasteiger partial charge in [0, 0.05) is 16.9 Å². The molecule has 0 atom stereocenters. The summed E-state index contributed by atoms with van der Waals surface area (Å²) >= 11 is 11.8. The average molecular weight is 445 g/mol. The van der Waals surface area contributed by atoms with E-state index in [0.29, 0.717) is 38.5 Å². The number of nitrogens with one attached hydrogen (secondary N) is 2. The molecule has 0 radical (unpaired) electrons. The minimum absolute atomic E-state index is 0.197. The Balaban J connectivity index is 1.51. The third kappa shape index (κ3) is 5.89. The van der Waals surface area contributed by atoms with Gasteiger partial charge in [-0.15, -0.1) is 0 Å². The molecule has 3 aromatic rings. The highest BCUT2D eigenvalue weighted by molar-refractivity contribution is 6.42. The van der Waals surface area contributed by atoms with E-state index in [2.05, 4.69) is 10.6 Å². The second-order valence-electron chi connectivity index (χ2n) is 6.17. The highest BCUT2D eigenvalue weighted by Gasteiger charge is 2.09. The van der Waals surface area contributed by atoms with Crippen LogP contribution in [0, 0.1) is 0 Å². The van der Waals surface area contributed by atoms with Crippen molar-refractivity contribution >= 4 is 46.4 Å². The van der Waals surface area contributed by atoms with Crippen LogP contribution in [0.3, 0.4) is 0 Å². The van der Waals surface area contributed by atoms with Crippen molar-refractivity contribution in [3.8, 4) is 11.5 Å². The zero-order chi connectivity index (χ0) is 21.5. The number of halogens is 2. The van der Waals surface area contributed by atoms with Gasteiger partial charge in [-0.2, -0.15) is 0 Å². The maximum Gasteiger partial charge on any atom is 0.262 e. The Morgan fingerprint density at radius 2 is 1.43 bits per heavy atom. The number of carbonyl (C=O) groups excluding carboxylic acids is 2. The van der Waals surface area contributed by atoms with Gasteiger partial charge >= 0.3 is 0 Å². The molecule has 2 N–H and O–H groups in total. The summed E-state index contributed by atoms with van der Waals surface area (Å²) < 4.78 is 10.5. The Hall–Kier alpha value is -3.22. The van der Waals surface area contributed by atoms with E-state index >= 15 is 0 Å². The predicted octanol–water partition coefficient (Wildman–Crippen LogP) is 5.27. The molecule has 0 saturated heterocycles. The van der Waals surface area contributed by atoms with E-state index < -0.39 is 0 Å². The van der Waals surface area contributed by atoms with Crippen molar-refractivity contribution in [3.63, 3.8) is 0 Å². The second-order valence-corrected chi connectivity index (χ2v) is 6.99. The molecule has 0 unspecified atom stereocenters. The van der Waals surface area contributed by atoms with E-state index in [-0.39, 0.29) is 18.4 Å². The number of rotatable bonds is 7. The number of methoxy groups -OCH3 is 1. The fourth-order valence-corrected chi connectivity index (χ4v) is 2.80. The molecule has 0 spiro atoms. The Morgan fingerprint density at radius 3 is 2.07 bits per heavy atom. The third-order valence-corrected chi connectivity index (χ3v) is 4.78. The normalized spacial score (nSPS) is 10.2. The van der Waals surface area contributed by atoms with Gasteiger partial charge < -0.3 is 20.1 Å². The molecule has 2 amide bonds. The number of hydrogen-bond acceptors (Lipinski definition) is 4. The Labute approximate surface area is 183 Å². The molecule has 3 rings (SSSR count). The smallest absolute Gasteiger partial charge is 0.262 e. The van der Waals surface area contributed by atoms with E-state index in [1.54, 1.807) is 73.8 Å². The van der Waals surface area contributed by atoms with Crippen LogP contribution in [0.2, 0.25) is 10.0 Å². The Kier molecular flexibility index (Phi) is 7.17. The minimum Gasteiger partial charge on any atom is -0.497 e. The van der Waals surface area contributed by atoms with Crippen molar-refractivity contribution in [2.75, 3.05) is 24.4 Å². The number of hydrogen-bond donors (Lipinski definition) is 2. The van der Waals surface area contributed by atoms with Gasteiger partial charge in [0.15, 0.2) is 6.61 Å². The molecule has 0 aliphatic rings. The molecule has 8 heteroatoms. The van der Waals surface area contributed by atoms with Crippen LogP contribution < -0.4 is 20.1 Å². The summed E-state index contributed by atoms with van der Waals surface area (Å²) in [5.41, 5.74) is 1.63. The predicted molar refractivity (Wildman–Crippen MR) is 118 cm³/mol. The number of benzene rings is 3. The molecule has 0 aromatic heterocycles. The van der Waals surface area contributed by atoms with Crippen LogP contribution in [0.25, 0.3) is 0 Å². The summed E-state index contributed by atoms with van der Waals surface area (Å²) in [7, 11) is 1.58. The van der Waals surface area contributed by atoms with Crippen molar-refractivity contribution in [2.24, 2.45) is 0 Å². The summed E-state index contributed by atoms with van der Waals surface area (Å²) in [6.07, 6.45) is 0. The summed E-state index contributed by atoms with van der Waals surface area (Å²) in [5.74, 6) is 0.553. The van der Waals surface area contributed by atoms with E-state index in [1.165, 1.54) is 0 Å². The first kappa shape index (κ1) is 21.5. The quantitative estimate of drug-likeness (QED) is 0.520. The molecule has 154 valence electrons. The van der Waals surface area contributed by atoms with Crippen LogP contribution >= 0.6 is 23.2 Å². The van der Waals surface area contributed by atoms with Crippen molar-refractivity contribution in [2.45, 2.75) is 0 Å². The van der Waals surface area contributed by atoms with Crippen molar-refractivity contribution in [1.82, 2.24) is 0 Å². The molecular formula is C22H18Cl2N2O4. The Bertz CT molecular complexity index is 1040. The average Bonchev–Trinajstić information content (AvgIpc) is 2.76. The first-order chi connectivity index (χ1) is 14.4. The summed E-state index contributed by atoms with van der Waals surface area (Å²) in [4.78, 5) is 24.4. The number of amides is 2. The van der Waals surface area contributed by atoms with Gasteiger partial charge in [0.05, 0.1) is 17.2 Å². The topological polar surface area (TPSA) is 76.7 Å². The summed E-state index contributed by atoms with van der Waals surface area (Å²) in [6.45, 7) is -0.197. The second kappa shape index (κ2) is 10.0. The fourth-order valence-electron chi connectivity index (χ4n) is 2.50. The maximum absolute atomic E-state index is 12.3. The standard InChI is InChI=1S/C22H18Cl2N2O4/c1-29-17-9-4-15(5-10-17)26-22(28)14-2-7-18(8-3-14)30-13-21(27)25-16-6-11-19(23)20(24)12-16/h2-12H,13H2,1H3,(H,25,27)(H,26,28). The van der Waals surface area contributed by atoms with Crippen molar-refractivity contribution in [3.05, 3.63) is 82.3 Å². The molecule has 0 fully saturated rings. The van der Waals surface area contributed by atoms with E-state index in [0.717, 1.165) is 0 Å². The number of ether oxygens (including phenoxy) is 2. The number of carbonyl (C=O) groups is 2. The van der Waals surface area contributed by atoms with Crippen LogP contribution in [-0.4, -0.2) is 25.5 Å². The van der Waals surface area contributed by atoms with E-state index in [9.17, 15) is 9.59 Å². The maximum atomic E-state index is 12.3.